The van der Waals surface area contributed by atoms with Gasteiger partial charge in [0.15, 0.2) is 0 Å². The molecule has 0 aliphatic carbocycles. The van der Waals surface area contributed by atoms with Gasteiger partial charge in [-0.1, -0.05) is 42.0 Å². The van der Waals surface area contributed by atoms with Gasteiger partial charge in [-0.05, 0) is 62.8 Å². The molecular formula is C24H30N2O2. The predicted octanol–water partition coefficient (Wildman–Crippen LogP) is 3.97. The van der Waals surface area contributed by atoms with Crippen molar-refractivity contribution >= 4 is 11.8 Å². The van der Waals surface area contributed by atoms with Crippen molar-refractivity contribution in [3.63, 3.8) is 0 Å². The molecule has 4 nitrogen and oxygen atoms in total. The van der Waals surface area contributed by atoms with Crippen LogP contribution in [-0.4, -0.2) is 35.8 Å². The molecule has 1 aliphatic heterocycles. The van der Waals surface area contributed by atoms with Crippen LogP contribution in [0.25, 0.3) is 0 Å². The van der Waals surface area contributed by atoms with Crippen LogP contribution in [0.1, 0.15) is 51.9 Å². The smallest absolute Gasteiger partial charge is 0.251 e. The zero-order valence-electron chi connectivity index (χ0n) is 17.1. The van der Waals surface area contributed by atoms with Gasteiger partial charge in [-0.25, -0.2) is 0 Å². The Bertz CT molecular complexity index is 851. The number of benzene rings is 2. The number of carbonyl (C=O) groups is 2. The summed E-state index contributed by atoms with van der Waals surface area (Å²) in [7, 11) is 0. The molecule has 2 amide bonds. The van der Waals surface area contributed by atoms with Crippen LogP contribution in [0.2, 0.25) is 0 Å². The second-order valence-electron chi connectivity index (χ2n) is 7.87. The Balaban J connectivity index is 1.46. The summed E-state index contributed by atoms with van der Waals surface area (Å²) in [5.74, 6) is 0.196. The van der Waals surface area contributed by atoms with Crippen LogP contribution < -0.4 is 5.32 Å². The highest BCUT2D eigenvalue weighted by atomic mass is 16.2. The molecule has 1 N–H and O–H groups in total. The highest BCUT2D eigenvalue weighted by Gasteiger charge is 2.24. The zero-order chi connectivity index (χ0) is 20.1. The topological polar surface area (TPSA) is 49.4 Å². The van der Waals surface area contributed by atoms with Crippen LogP contribution >= 0.6 is 0 Å². The summed E-state index contributed by atoms with van der Waals surface area (Å²) >= 11 is 0. The predicted molar refractivity (Wildman–Crippen MR) is 112 cm³/mol. The minimum absolute atomic E-state index is 0.0160. The highest BCUT2D eigenvalue weighted by Crippen LogP contribution is 2.16. The van der Waals surface area contributed by atoms with E-state index in [2.05, 4.69) is 37.4 Å². The van der Waals surface area contributed by atoms with E-state index in [9.17, 15) is 9.59 Å². The first-order valence-electron chi connectivity index (χ1n) is 10.1. The van der Waals surface area contributed by atoms with Gasteiger partial charge in [0.2, 0.25) is 5.91 Å². The molecule has 1 heterocycles. The van der Waals surface area contributed by atoms with Crippen molar-refractivity contribution in [1.82, 2.24) is 10.2 Å². The summed E-state index contributed by atoms with van der Waals surface area (Å²) in [4.78, 5) is 27.0. The average Bonchev–Trinajstić information content (AvgIpc) is 2.68. The van der Waals surface area contributed by atoms with Crippen molar-refractivity contribution < 1.29 is 9.59 Å². The second kappa shape index (κ2) is 9.05. The van der Waals surface area contributed by atoms with E-state index in [4.69, 9.17) is 0 Å². The third kappa shape index (κ3) is 5.00. The lowest BCUT2D eigenvalue weighted by Gasteiger charge is -2.32. The number of nitrogens with one attached hydrogen (secondary N) is 1. The Hall–Kier alpha value is -2.62. The van der Waals surface area contributed by atoms with E-state index in [1.807, 2.05) is 36.1 Å². The standard InChI is InChI=1S/C24H30N2O2/c1-17-8-9-20(19(3)16-17)10-11-23(27)26-14-12-21(13-15-26)25-24(28)22-7-5-4-6-18(22)2/h4-9,16,21H,10-15H2,1-3H3,(H,25,28). The van der Waals surface area contributed by atoms with Crippen molar-refractivity contribution in [3.8, 4) is 0 Å². The molecule has 148 valence electrons. The van der Waals surface area contributed by atoms with E-state index in [0.717, 1.165) is 30.4 Å². The van der Waals surface area contributed by atoms with E-state index in [1.165, 1.54) is 16.7 Å². The van der Waals surface area contributed by atoms with Crippen molar-refractivity contribution in [3.05, 3.63) is 70.3 Å². The van der Waals surface area contributed by atoms with Gasteiger partial charge in [0.25, 0.3) is 5.91 Å². The monoisotopic (exact) mass is 378 g/mol. The molecule has 28 heavy (non-hydrogen) atoms. The number of nitrogens with zero attached hydrogens (tertiary/aromatic N) is 1. The van der Waals surface area contributed by atoms with Crippen LogP contribution in [0, 0.1) is 20.8 Å². The quantitative estimate of drug-likeness (QED) is 0.856. The van der Waals surface area contributed by atoms with E-state index >= 15 is 0 Å². The summed E-state index contributed by atoms with van der Waals surface area (Å²) in [5.41, 5.74) is 5.47. The molecule has 0 aromatic heterocycles. The zero-order valence-corrected chi connectivity index (χ0v) is 17.1. The first-order chi connectivity index (χ1) is 13.4. The van der Waals surface area contributed by atoms with Gasteiger partial charge in [-0.3, -0.25) is 9.59 Å². The molecular weight excluding hydrogens is 348 g/mol. The number of amides is 2. The molecule has 3 rings (SSSR count). The molecule has 1 fully saturated rings. The number of hydrogen-bond acceptors (Lipinski definition) is 2. The molecule has 1 saturated heterocycles. The molecule has 1 aliphatic rings. The number of carbonyl (C=O) groups excluding carboxylic acids is 2. The second-order valence-corrected chi connectivity index (χ2v) is 7.87. The van der Waals surface area contributed by atoms with Gasteiger partial charge in [-0.2, -0.15) is 0 Å². The maximum Gasteiger partial charge on any atom is 0.251 e. The van der Waals surface area contributed by atoms with Crippen LogP contribution in [-0.2, 0) is 11.2 Å². The van der Waals surface area contributed by atoms with E-state index in [-0.39, 0.29) is 17.9 Å². The normalized spacial score (nSPS) is 14.8. The van der Waals surface area contributed by atoms with E-state index < -0.39 is 0 Å². The Kier molecular flexibility index (Phi) is 6.50. The van der Waals surface area contributed by atoms with Crippen LogP contribution in [0.15, 0.2) is 42.5 Å². The lowest BCUT2D eigenvalue weighted by atomic mass is 10.00. The molecule has 2 aromatic carbocycles. The van der Waals surface area contributed by atoms with Gasteiger partial charge in [-0.15, -0.1) is 0 Å². The number of aryl methyl sites for hydroxylation is 4. The summed E-state index contributed by atoms with van der Waals surface area (Å²) < 4.78 is 0. The van der Waals surface area contributed by atoms with Crippen molar-refractivity contribution in [2.45, 2.75) is 52.5 Å². The minimum Gasteiger partial charge on any atom is -0.349 e. The minimum atomic E-state index is -0.0160. The first-order valence-corrected chi connectivity index (χ1v) is 10.1. The molecule has 0 radical (unpaired) electrons. The first kappa shape index (κ1) is 20.1. The Morgan fingerprint density at radius 2 is 1.71 bits per heavy atom. The third-order valence-electron chi connectivity index (χ3n) is 5.68. The lowest BCUT2D eigenvalue weighted by Crippen LogP contribution is -2.46. The fourth-order valence-electron chi connectivity index (χ4n) is 3.89. The summed E-state index contributed by atoms with van der Waals surface area (Å²) in [6, 6.07) is 14.2. The lowest BCUT2D eigenvalue weighted by molar-refractivity contribution is -0.132. The van der Waals surface area contributed by atoms with Crippen molar-refractivity contribution in [2.75, 3.05) is 13.1 Å². The van der Waals surface area contributed by atoms with Gasteiger partial charge in [0.05, 0.1) is 0 Å². The summed E-state index contributed by atoms with van der Waals surface area (Å²) in [6.07, 6.45) is 2.96. The van der Waals surface area contributed by atoms with Gasteiger partial charge >= 0.3 is 0 Å². The maximum atomic E-state index is 12.6. The molecule has 0 unspecified atom stereocenters. The fraction of sp³-hybridized carbons (Fsp3) is 0.417. The number of likely N-dealkylation sites (tertiary alicyclic amines) is 1. The Morgan fingerprint density at radius 1 is 1.00 bits per heavy atom. The van der Waals surface area contributed by atoms with Crippen molar-refractivity contribution in [2.24, 2.45) is 0 Å². The summed E-state index contributed by atoms with van der Waals surface area (Å²) in [5, 5.41) is 3.13. The highest BCUT2D eigenvalue weighted by molar-refractivity contribution is 5.95. The molecule has 0 bridgehead atoms. The maximum absolute atomic E-state index is 12.6. The Labute approximate surface area is 167 Å². The van der Waals surface area contributed by atoms with E-state index in [1.54, 1.807) is 0 Å². The number of rotatable bonds is 5. The molecule has 0 atom stereocenters. The fourth-order valence-corrected chi connectivity index (χ4v) is 3.89. The Morgan fingerprint density at radius 3 is 2.39 bits per heavy atom. The van der Waals surface area contributed by atoms with Gasteiger partial charge in [0, 0.05) is 31.1 Å². The molecule has 4 heteroatoms. The van der Waals surface area contributed by atoms with Crippen LogP contribution in [0.3, 0.4) is 0 Å². The largest absolute Gasteiger partial charge is 0.349 e. The van der Waals surface area contributed by atoms with Gasteiger partial charge in [0.1, 0.15) is 0 Å². The number of hydrogen-bond donors (Lipinski definition) is 1. The van der Waals surface area contributed by atoms with Gasteiger partial charge < -0.3 is 10.2 Å². The SMILES string of the molecule is Cc1ccc(CCC(=O)N2CCC(NC(=O)c3ccccc3C)CC2)c(C)c1. The molecule has 0 saturated carbocycles. The van der Waals surface area contributed by atoms with Crippen LogP contribution in [0.5, 0.6) is 0 Å². The van der Waals surface area contributed by atoms with Crippen molar-refractivity contribution in [1.29, 1.82) is 0 Å². The third-order valence-corrected chi connectivity index (χ3v) is 5.68. The molecule has 0 spiro atoms. The van der Waals surface area contributed by atoms with Crippen LogP contribution in [0.4, 0.5) is 0 Å². The molecule has 2 aromatic rings. The average molecular weight is 379 g/mol. The van der Waals surface area contributed by atoms with E-state index in [0.29, 0.717) is 19.5 Å². The summed E-state index contributed by atoms with van der Waals surface area (Å²) in [6.45, 7) is 7.57. The number of piperidine rings is 1.